The zero-order chi connectivity index (χ0) is 23.7. The molecule has 0 atom stereocenters. The number of nitro groups is 1. The molecule has 2 N–H and O–H groups in total. The predicted octanol–water partition coefficient (Wildman–Crippen LogP) is 3.22. The van der Waals surface area contributed by atoms with Crippen LogP contribution in [0.4, 0.5) is 11.5 Å². The van der Waals surface area contributed by atoms with Gasteiger partial charge in [0.2, 0.25) is 5.91 Å². The molecular formula is C24H22N6O4. The van der Waals surface area contributed by atoms with Crippen molar-refractivity contribution in [2.45, 2.75) is 13.1 Å². The van der Waals surface area contributed by atoms with E-state index in [0.29, 0.717) is 49.1 Å². The van der Waals surface area contributed by atoms with E-state index in [1.807, 2.05) is 34.1 Å². The quantitative estimate of drug-likeness (QED) is 0.344. The Morgan fingerprint density at radius 1 is 1.06 bits per heavy atom. The van der Waals surface area contributed by atoms with Gasteiger partial charge in [-0.15, -0.1) is 0 Å². The van der Waals surface area contributed by atoms with Crippen LogP contribution in [0.5, 0.6) is 0 Å². The second-order valence-electron chi connectivity index (χ2n) is 8.21. The van der Waals surface area contributed by atoms with Gasteiger partial charge in [0.1, 0.15) is 23.7 Å². The van der Waals surface area contributed by atoms with E-state index in [9.17, 15) is 14.9 Å². The molecule has 1 amide bonds. The molecule has 0 saturated carbocycles. The van der Waals surface area contributed by atoms with Gasteiger partial charge < -0.3 is 15.1 Å². The molecule has 1 fully saturated rings. The zero-order valence-corrected chi connectivity index (χ0v) is 18.3. The molecule has 1 saturated heterocycles. The number of nitro benzene ring substituents is 1. The van der Waals surface area contributed by atoms with Gasteiger partial charge in [0.25, 0.3) is 5.69 Å². The van der Waals surface area contributed by atoms with E-state index in [4.69, 9.17) is 10.2 Å². The molecule has 2 aromatic heterocycles. The highest BCUT2D eigenvalue weighted by Gasteiger charge is 2.25. The van der Waals surface area contributed by atoms with E-state index in [1.165, 1.54) is 18.5 Å². The number of nitrogens with zero attached hydrogens (tertiary/aromatic N) is 5. The number of rotatable bonds is 6. The molecule has 5 rings (SSSR count). The van der Waals surface area contributed by atoms with E-state index in [0.717, 1.165) is 16.5 Å². The molecule has 1 aliphatic heterocycles. The van der Waals surface area contributed by atoms with Crippen molar-refractivity contribution in [3.8, 4) is 11.3 Å². The first-order valence-electron chi connectivity index (χ1n) is 10.8. The van der Waals surface area contributed by atoms with Gasteiger partial charge in [-0.05, 0) is 29.8 Å². The van der Waals surface area contributed by atoms with Crippen LogP contribution < -0.4 is 5.73 Å². The Kier molecular flexibility index (Phi) is 5.64. The number of non-ortho nitro benzene ring substituents is 1. The van der Waals surface area contributed by atoms with E-state index >= 15 is 0 Å². The lowest BCUT2D eigenvalue weighted by atomic mass is 10.1. The maximum Gasteiger partial charge on any atom is 0.270 e. The molecule has 10 nitrogen and oxygen atoms in total. The minimum absolute atomic E-state index is 0.0134. The molecule has 2 aromatic carbocycles. The molecule has 0 aliphatic carbocycles. The number of amides is 1. The molecule has 0 bridgehead atoms. The Bertz CT molecular complexity index is 1380. The van der Waals surface area contributed by atoms with Crippen LogP contribution in [0, 0.1) is 10.1 Å². The van der Waals surface area contributed by atoms with Crippen LogP contribution >= 0.6 is 0 Å². The van der Waals surface area contributed by atoms with Crippen molar-refractivity contribution < 1.29 is 14.1 Å². The summed E-state index contributed by atoms with van der Waals surface area (Å²) in [6, 6.07) is 15.7. The van der Waals surface area contributed by atoms with Crippen molar-refractivity contribution >= 4 is 28.3 Å². The smallest absolute Gasteiger partial charge is 0.270 e. The number of piperazine rings is 1. The number of benzene rings is 2. The highest BCUT2D eigenvalue weighted by molar-refractivity contribution is 5.88. The molecule has 1 aliphatic rings. The number of carbonyl (C=O) groups excluding carboxylic acids is 1. The van der Waals surface area contributed by atoms with Gasteiger partial charge in [-0.25, -0.2) is 9.97 Å². The first-order chi connectivity index (χ1) is 16.5. The highest BCUT2D eigenvalue weighted by Crippen LogP contribution is 2.26. The third-order valence-electron chi connectivity index (χ3n) is 5.89. The summed E-state index contributed by atoms with van der Waals surface area (Å²) in [7, 11) is 0. The van der Waals surface area contributed by atoms with Crippen LogP contribution in [0.1, 0.15) is 11.3 Å². The summed E-state index contributed by atoms with van der Waals surface area (Å²) in [5.74, 6) is 1.74. The highest BCUT2D eigenvalue weighted by atomic mass is 16.6. The molecule has 4 aromatic rings. The molecule has 0 unspecified atom stereocenters. The first-order valence-corrected chi connectivity index (χ1v) is 10.8. The Balaban J connectivity index is 1.21. The summed E-state index contributed by atoms with van der Waals surface area (Å²) in [4.78, 5) is 35.5. The number of furan rings is 1. The lowest BCUT2D eigenvalue weighted by Gasteiger charge is -2.34. The first kappa shape index (κ1) is 21.5. The standard InChI is InChI=1S/C24H22N6O4/c25-24-20-6-4-16(10-21(20)26-15-27-24)12-29-9-8-28(14-23(29)31)13-19-5-7-22(34-19)17-2-1-3-18(11-17)30(32)33/h1-7,10-11,15H,8-9,12-14H2,(H2,25,26,27). The largest absolute Gasteiger partial charge is 0.460 e. The number of carbonyl (C=O) groups is 1. The van der Waals surface area contributed by atoms with Crippen LogP contribution in [0.15, 0.2) is 65.3 Å². The van der Waals surface area contributed by atoms with Crippen LogP contribution in [-0.4, -0.2) is 50.2 Å². The monoisotopic (exact) mass is 458 g/mol. The van der Waals surface area contributed by atoms with E-state index in [1.54, 1.807) is 18.2 Å². The number of hydrogen-bond donors (Lipinski definition) is 1. The van der Waals surface area contributed by atoms with Crippen molar-refractivity contribution in [3.05, 3.63) is 82.4 Å². The number of aromatic nitrogens is 2. The van der Waals surface area contributed by atoms with Gasteiger partial charge in [0.05, 0.1) is 23.5 Å². The zero-order valence-electron chi connectivity index (χ0n) is 18.3. The van der Waals surface area contributed by atoms with Crippen molar-refractivity contribution in [2.24, 2.45) is 0 Å². The summed E-state index contributed by atoms with van der Waals surface area (Å²) in [6.45, 7) is 2.59. The Morgan fingerprint density at radius 2 is 1.94 bits per heavy atom. The molecule has 172 valence electrons. The summed E-state index contributed by atoms with van der Waals surface area (Å²) in [5.41, 5.74) is 8.29. The normalized spacial score (nSPS) is 14.6. The molecule has 34 heavy (non-hydrogen) atoms. The SMILES string of the molecule is Nc1ncnc2cc(CN3CCN(Cc4ccc(-c5cccc([N+](=O)[O-])c5)o4)CC3=O)ccc12. The van der Waals surface area contributed by atoms with Crippen LogP contribution in [0.3, 0.4) is 0 Å². The second-order valence-corrected chi connectivity index (χ2v) is 8.21. The minimum Gasteiger partial charge on any atom is -0.460 e. The predicted molar refractivity (Wildman–Crippen MR) is 125 cm³/mol. The third kappa shape index (κ3) is 4.44. The summed E-state index contributed by atoms with van der Waals surface area (Å²) in [5, 5.41) is 11.8. The number of fused-ring (bicyclic) bond motifs is 1. The fourth-order valence-corrected chi connectivity index (χ4v) is 4.11. The number of nitrogen functional groups attached to an aromatic ring is 1. The van der Waals surface area contributed by atoms with Gasteiger partial charge in [-0.3, -0.25) is 19.8 Å². The molecule has 3 heterocycles. The fourth-order valence-electron chi connectivity index (χ4n) is 4.11. The van der Waals surface area contributed by atoms with Crippen LogP contribution in [0.25, 0.3) is 22.2 Å². The van der Waals surface area contributed by atoms with E-state index in [2.05, 4.69) is 9.97 Å². The lowest BCUT2D eigenvalue weighted by Crippen LogP contribution is -2.49. The maximum atomic E-state index is 12.8. The average Bonchev–Trinajstić information content (AvgIpc) is 3.29. The Labute approximate surface area is 194 Å². The Hall–Kier alpha value is -4.31. The van der Waals surface area contributed by atoms with Gasteiger partial charge in [-0.1, -0.05) is 18.2 Å². The number of anilines is 1. The van der Waals surface area contributed by atoms with E-state index < -0.39 is 4.92 Å². The third-order valence-corrected chi connectivity index (χ3v) is 5.89. The summed E-state index contributed by atoms with van der Waals surface area (Å²) >= 11 is 0. The molecular weight excluding hydrogens is 436 g/mol. The fraction of sp³-hybridized carbons (Fsp3) is 0.208. The average molecular weight is 458 g/mol. The number of nitrogens with two attached hydrogens (primary N) is 1. The van der Waals surface area contributed by atoms with Crippen LogP contribution in [-0.2, 0) is 17.9 Å². The van der Waals surface area contributed by atoms with Crippen molar-refractivity contribution in [1.82, 2.24) is 19.8 Å². The van der Waals surface area contributed by atoms with Crippen molar-refractivity contribution in [1.29, 1.82) is 0 Å². The van der Waals surface area contributed by atoms with Crippen LogP contribution in [0.2, 0.25) is 0 Å². The minimum atomic E-state index is -0.431. The van der Waals surface area contributed by atoms with E-state index in [-0.39, 0.29) is 18.1 Å². The van der Waals surface area contributed by atoms with Gasteiger partial charge >= 0.3 is 0 Å². The van der Waals surface area contributed by atoms with Crippen molar-refractivity contribution in [2.75, 3.05) is 25.4 Å². The van der Waals surface area contributed by atoms with Gasteiger partial charge in [-0.2, -0.15) is 0 Å². The lowest BCUT2D eigenvalue weighted by molar-refractivity contribution is -0.384. The summed E-state index contributed by atoms with van der Waals surface area (Å²) < 4.78 is 5.90. The van der Waals surface area contributed by atoms with Gasteiger partial charge in [0.15, 0.2) is 0 Å². The van der Waals surface area contributed by atoms with Gasteiger partial charge in [0, 0.05) is 42.7 Å². The topological polar surface area (TPSA) is 132 Å². The molecule has 10 heteroatoms. The molecule has 0 radical (unpaired) electrons. The Morgan fingerprint density at radius 3 is 2.76 bits per heavy atom. The summed E-state index contributed by atoms with van der Waals surface area (Å²) in [6.07, 6.45) is 1.43. The van der Waals surface area contributed by atoms with Crippen molar-refractivity contribution in [3.63, 3.8) is 0 Å². The second kappa shape index (κ2) is 8.91. The number of hydrogen-bond acceptors (Lipinski definition) is 8. The molecule has 0 spiro atoms. The maximum absolute atomic E-state index is 12.8.